The molecule has 2 nitrogen and oxygen atoms in total. The third-order valence-electron chi connectivity index (χ3n) is 2.50. The fourth-order valence-electron chi connectivity index (χ4n) is 1.49. The highest BCUT2D eigenvalue weighted by Gasteiger charge is 2.08. The fourth-order valence-corrected chi connectivity index (χ4v) is 1.49. The second-order valence-corrected chi connectivity index (χ2v) is 3.95. The molecular formula is C12H24O2. The summed E-state index contributed by atoms with van der Waals surface area (Å²) in [6.07, 6.45) is 7.31. The molecule has 0 saturated heterocycles. The van der Waals surface area contributed by atoms with E-state index in [1.54, 1.807) is 0 Å². The Morgan fingerprint density at radius 2 is 1.79 bits per heavy atom. The van der Waals surface area contributed by atoms with Crippen molar-refractivity contribution in [2.75, 3.05) is 0 Å². The molecule has 0 rings (SSSR count). The summed E-state index contributed by atoms with van der Waals surface area (Å²) in [5.41, 5.74) is 0. The van der Waals surface area contributed by atoms with Gasteiger partial charge in [0.05, 0.1) is 6.10 Å². The Balaban J connectivity index is 3.26. The summed E-state index contributed by atoms with van der Waals surface area (Å²) in [6.45, 7) is 4.03. The van der Waals surface area contributed by atoms with E-state index in [0.29, 0.717) is 12.8 Å². The monoisotopic (exact) mass is 200 g/mol. The predicted octanol–water partition coefficient (Wildman–Crippen LogP) is 3.08. The first-order valence-corrected chi connectivity index (χ1v) is 5.90. The maximum atomic E-state index is 11.0. The van der Waals surface area contributed by atoms with Crippen LogP contribution in [0.4, 0.5) is 0 Å². The van der Waals surface area contributed by atoms with Crippen LogP contribution in [0.3, 0.4) is 0 Å². The van der Waals surface area contributed by atoms with Gasteiger partial charge in [-0.05, 0) is 6.42 Å². The number of rotatable bonds is 9. The summed E-state index contributed by atoms with van der Waals surface area (Å²) in [6, 6.07) is 0. The normalized spacial score (nSPS) is 12.8. The van der Waals surface area contributed by atoms with Crippen molar-refractivity contribution in [3.63, 3.8) is 0 Å². The molecule has 0 aromatic carbocycles. The van der Waals surface area contributed by atoms with Crippen LogP contribution in [0.2, 0.25) is 0 Å². The van der Waals surface area contributed by atoms with Crippen LogP contribution in [0.1, 0.15) is 65.2 Å². The summed E-state index contributed by atoms with van der Waals surface area (Å²) in [5, 5.41) is 9.49. The van der Waals surface area contributed by atoms with Gasteiger partial charge in [-0.25, -0.2) is 0 Å². The molecule has 0 aliphatic rings. The van der Waals surface area contributed by atoms with Gasteiger partial charge in [0.15, 0.2) is 0 Å². The molecule has 0 bridgehead atoms. The summed E-state index contributed by atoms with van der Waals surface area (Å²) >= 11 is 0. The Kier molecular flexibility index (Phi) is 8.95. The number of ketones is 1. The molecule has 0 saturated carbocycles. The average Bonchev–Trinajstić information content (AvgIpc) is 2.17. The van der Waals surface area contributed by atoms with Crippen molar-refractivity contribution in [2.45, 2.75) is 71.3 Å². The fraction of sp³-hybridized carbons (Fsp3) is 0.917. The molecule has 1 unspecified atom stereocenters. The van der Waals surface area contributed by atoms with Crippen LogP contribution >= 0.6 is 0 Å². The van der Waals surface area contributed by atoms with E-state index in [0.717, 1.165) is 12.8 Å². The lowest BCUT2D eigenvalue weighted by molar-refractivity contribution is -0.120. The summed E-state index contributed by atoms with van der Waals surface area (Å²) in [5.74, 6) is 0.172. The van der Waals surface area contributed by atoms with Crippen LogP contribution in [0, 0.1) is 0 Å². The maximum Gasteiger partial charge on any atom is 0.135 e. The lowest BCUT2D eigenvalue weighted by Crippen LogP contribution is -2.12. The Labute approximate surface area is 87.7 Å². The molecule has 2 heteroatoms. The van der Waals surface area contributed by atoms with E-state index in [9.17, 15) is 9.90 Å². The van der Waals surface area contributed by atoms with Crippen LogP contribution in [0.15, 0.2) is 0 Å². The summed E-state index contributed by atoms with van der Waals surface area (Å²) < 4.78 is 0. The van der Waals surface area contributed by atoms with Gasteiger partial charge < -0.3 is 5.11 Å². The highest BCUT2D eigenvalue weighted by Crippen LogP contribution is 2.09. The van der Waals surface area contributed by atoms with Crippen molar-refractivity contribution in [1.29, 1.82) is 0 Å². The maximum absolute atomic E-state index is 11.0. The highest BCUT2D eigenvalue weighted by atomic mass is 16.3. The minimum Gasteiger partial charge on any atom is -0.393 e. The van der Waals surface area contributed by atoms with Crippen molar-refractivity contribution >= 4 is 5.78 Å². The van der Waals surface area contributed by atoms with Gasteiger partial charge in [0.1, 0.15) is 5.78 Å². The van der Waals surface area contributed by atoms with Crippen molar-refractivity contribution in [1.82, 2.24) is 0 Å². The largest absolute Gasteiger partial charge is 0.393 e. The van der Waals surface area contributed by atoms with Crippen LogP contribution in [-0.4, -0.2) is 17.0 Å². The van der Waals surface area contributed by atoms with Crippen LogP contribution in [0.5, 0.6) is 0 Å². The van der Waals surface area contributed by atoms with Crippen molar-refractivity contribution in [3.05, 3.63) is 0 Å². The molecule has 1 N–H and O–H groups in total. The Morgan fingerprint density at radius 3 is 2.36 bits per heavy atom. The third-order valence-corrected chi connectivity index (χ3v) is 2.50. The first-order valence-electron chi connectivity index (χ1n) is 5.90. The number of hydrogen-bond acceptors (Lipinski definition) is 2. The second-order valence-electron chi connectivity index (χ2n) is 3.95. The van der Waals surface area contributed by atoms with Crippen LogP contribution < -0.4 is 0 Å². The zero-order valence-electron chi connectivity index (χ0n) is 9.59. The molecule has 0 aliphatic heterocycles. The van der Waals surface area contributed by atoms with Crippen molar-refractivity contribution in [2.24, 2.45) is 0 Å². The van der Waals surface area contributed by atoms with E-state index in [1.807, 2.05) is 6.92 Å². The number of carbonyl (C=O) groups is 1. The predicted molar refractivity (Wildman–Crippen MR) is 59.3 cm³/mol. The zero-order valence-corrected chi connectivity index (χ0v) is 9.59. The van der Waals surface area contributed by atoms with Gasteiger partial charge in [-0.15, -0.1) is 0 Å². The molecule has 84 valence electrons. The number of carbonyl (C=O) groups excluding carboxylic acids is 1. The van der Waals surface area contributed by atoms with Gasteiger partial charge in [0.25, 0.3) is 0 Å². The minimum atomic E-state index is -0.399. The van der Waals surface area contributed by atoms with Gasteiger partial charge in [-0.1, -0.05) is 46.0 Å². The summed E-state index contributed by atoms with van der Waals surface area (Å²) in [4.78, 5) is 11.0. The third kappa shape index (κ3) is 8.24. The second kappa shape index (κ2) is 9.20. The first-order chi connectivity index (χ1) is 6.70. The minimum absolute atomic E-state index is 0.172. The molecule has 1 atom stereocenters. The summed E-state index contributed by atoms with van der Waals surface area (Å²) in [7, 11) is 0. The molecule has 0 amide bonds. The smallest absolute Gasteiger partial charge is 0.135 e. The molecule has 0 radical (unpaired) electrons. The average molecular weight is 200 g/mol. The number of hydrogen-bond donors (Lipinski definition) is 1. The zero-order chi connectivity index (χ0) is 10.8. The number of aliphatic hydroxyl groups excluding tert-OH is 1. The number of aliphatic hydroxyl groups is 1. The van der Waals surface area contributed by atoms with E-state index in [1.165, 1.54) is 25.7 Å². The SMILES string of the molecule is CCCCCCCC(O)CC(=O)CC. The highest BCUT2D eigenvalue weighted by molar-refractivity contribution is 5.78. The topological polar surface area (TPSA) is 37.3 Å². The van der Waals surface area contributed by atoms with Crippen LogP contribution in [-0.2, 0) is 4.79 Å². The van der Waals surface area contributed by atoms with Gasteiger partial charge >= 0.3 is 0 Å². The van der Waals surface area contributed by atoms with Crippen molar-refractivity contribution < 1.29 is 9.90 Å². The van der Waals surface area contributed by atoms with E-state index in [4.69, 9.17) is 0 Å². The molecule has 14 heavy (non-hydrogen) atoms. The Morgan fingerprint density at radius 1 is 1.14 bits per heavy atom. The molecule has 0 aromatic heterocycles. The van der Waals surface area contributed by atoms with Gasteiger partial charge in [-0.3, -0.25) is 4.79 Å². The number of unbranched alkanes of at least 4 members (excludes halogenated alkanes) is 4. The van der Waals surface area contributed by atoms with Crippen molar-refractivity contribution in [3.8, 4) is 0 Å². The van der Waals surface area contributed by atoms with E-state index < -0.39 is 6.10 Å². The van der Waals surface area contributed by atoms with E-state index >= 15 is 0 Å². The lowest BCUT2D eigenvalue weighted by Gasteiger charge is -2.08. The molecule has 0 fully saturated rings. The van der Waals surface area contributed by atoms with E-state index in [2.05, 4.69) is 6.92 Å². The molecule has 0 heterocycles. The van der Waals surface area contributed by atoms with Gasteiger partial charge in [-0.2, -0.15) is 0 Å². The molecule has 0 aromatic rings. The molecule has 0 spiro atoms. The quantitative estimate of drug-likeness (QED) is 0.581. The number of Topliss-reactive ketones (excluding diaryl/α,β-unsaturated/α-hetero) is 1. The van der Waals surface area contributed by atoms with Crippen LogP contribution in [0.25, 0.3) is 0 Å². The standard InChI is InChI=1S/C12H24O2/c1-3-5-6-7-8-9-12(14)10-11(13)4-2/h12,14H,3-10H2,1-2H3. The van der Waals surface area contributed by atoms with E-state index in [-0.39, 0.29) is 5.78 Å². The molecule has 0 aliphatic carbocycles. The molecular weight excluding hydrogens is 176 g/mol. The van der Waals surface area contributed by atoms with Gasteiger partial charge in [0, 0.05) is 12.8 Å². The Bertz CT molecular complexity index is 143. The first kappa shape index (κ1) is 13.6. The lowest BCUT2D eigenvalue weighted by atomic mass is 10.0. The Hall–Kier alpha value is -0.370. The van der Waals surface area contributed by atoms with Gasteiger partial charge in [0.2, 0.25) is 0 Å².